The molecule has 0 aromatic heterocycles. The zero-order valence-corrected chi connectivity index (χ0v) is 6.26. The summed E-state index contributed by atoms with van der Waals surface area (Å²) in [6, 6.07) is 8.46. The highest BCUT2D eigenvalue weighted by molar-refractivity contribution is 5.89. The van der Waals surface area contributed by atoms with Crippen molar-refractivity contribution in [3.05, 3.63) is 42.3 Å². The van der Waals surface area contributed by atoms with E-state index in [0.717, 1.165) is 0 Å². The highest BCUT2D eigenvalue weighted by Gasteiger charge is 2.17. The Morgan fingerprint density at radius 1 is 1.17 bits per heavy atom. The van der Waals surface area contributed by atoms with Crippen molar-refractivity contribution >= 4 is 5.78 Å². The Morgan fingerprint density at radius 3 is 2.25 bits per heavy atom. The van der Waals surface area contributed by atoms with E-state index in [1.807, 2.05) is 0 Å². The molecule has 0 saturated heterocycles. The average Bonchev–Trinajstić information content (AvgIpc) is 2.06. The molecule has 0 fully saturated rings. The van der Waals surface area contributed by atoms with Crippen LogP contribution in [0, 0.1) is 6.43 Å². The molecule has 0 saturated carbocycles. The summed E-state index contributed by atoms with van der Waals surface area (Å²) in [7, 11) is 0. The van der Waals surface area contributed by atoms with Gasteiger partial charge in [0, 0.05) is 6.42 Å². The lowest BCUT2D eigenvalue weighted by atomic mass is 10.1. The van der Waals surface area contributed by atoms with Gasteiger partial charge in [-0.1, -0.05) is 30.3 Å². The van der Waals surface area contributed by atoms with Gasteiger partial charge in [-0.25, -0.2) is 0 Å². The topological polar surface area (TPSA) is 17.1 Å². The van der Waals surface area contributed by atoms with Crippen LogP contribution in [0.3, 0.4) is 0 Å². The number of benzene rings is 1. The molecular weight excluding hydrogens is 162 g/mol. The third-order valence-corrected chi connectivity index (χ3v) is 1.42. The molecule has 0 aliphatic heterocycles. The number of hydrogen-bond donors (Lipinski definition) is 0. The summed E-state index contributed by atoms with van der Waals surface area (Å²) in [6.07, 6.45) is -2.35. The van der Waals surface area contributed by atoms with Crippen LogP contribution in [0.15, 0.2) is 30.3 Å². The lowest BCUT2D eigenvalue weighted by Gasteiger charge is -1.97. The van der Waals surface area contributed by atoms with Crippen molar-refractivity contribution < 1.29 is 13.6 Å². The molecule has 0 aliphatic carbocycles. The maximum Gasteiger partial charge on any atom is 0.374 e. The Morgan fingerprint density at radius 2 is 1.75 bits per heavy atom. The summed E-state index contributed by atoms with van der Waals surface area (Å²) in [5.74, 6) is -1.11. The molecule has 0 N–H and O–H groups in total. The zero-order chi connectivity index (χ0) is 8.97. The van der Waals surface area contributed by atoms with Crippen LogP contribution < -0.4 is 0 Å². The highest BCUT2D eigenvalue weighted by Crippen LogP contribution is 2.09. The van der Waals surface area contributed by atoms with Crippen LogP contribution >= 0.6 is 0 Å². The predicted molar refractivity (Wildman–Crippen MR) is 40.6 cm³/mol. The van der Waals surface area contributed by atoms with Crippen LogP contribution in [0.2, 0.25) is 0 Å². The molecule has 0 amide bonds. The monoisotopic (exact) mass is 169 g/mol. The summed E-state index contributed by atoms with van der Waals surface area (Å²) in [6.45, 7) is 0. The van der Waals surface area contributed by atoms with Gasteiger partial charge in [-0.2, -0.15) is 8.78 Å². The maximum atomic E-state index is 11.7. The van der Waals surface area contributed by atoms with E-state index in [4.69, 9.17) is 0 Å². The average molecular weight is 169 g/mol. The maximum absolute atomic E-state index is 11.7. The van der Waals surface area contributed by atoms with E-state index < -0.39 is 12.2 Å². The molecule has 3 heteroatoms. The normalized spacial score (nSPS) is 10.2. The molecular formula is C9H7F2O. The number of hydrogen-bond acceptors (Lipinski definition) is 1. The lowest BCUT2D eigenvalue weighted by Crippen LogP contribution is -2.05. The van der Waals surface area contributed by atoms with Crippen molar-refractivity contribution in [3.8, 4) is 0 Å². The van der Waals surface area contributed by atoms with Crippen molar-refractivity contribution in [2.24, 2.45) is 0 Å². The van der Waals surface area contributed by atoms with Crippen molar-refractivity contribution in [2.45, 2.75) is 6.42 Å². The van der Waals surface area contributed by atoms with Crippen LogP contribution in [0.5, 0.6) is 0 Å². The smallest absolute Gasteiger partial charge is 0.292 e. The van der Waals surface area contributed by atoms with Gasteiger partial charge in [0.1, 0.15) is 0 Å². The molecule has 1 rings (SSSR count). The van der Waals surface area contributed by atoms with E-state index in [2.05, 4.69) is 0 Å². The Hall–Kier alpha value is -1.25. The van der Waals surface area contributed by atoms with Gasteiger partial charge in [0.05, 0.1) is 0 Å². The van der Waals surface area contributed by atoms with Crippen LogP contribution in [0.4, 0.5) is 8.78 Å². The third kappa shape index (κ3) is 2.42. The SMILES string of the molecule is O=C(Cc1ccccc1)[C](F)F. The molecule has 1 aromatic rings. The summed E-state index contributed by atoms with van der Waals surface area (Å²) in [5, 5.41) is 0. The lowest BCUT2D eigenvalue weighted by molar-refractivity contribution is -0.121. The first-order valence-corrected chi connectivity index (χ1v) is 3.45. The molecule has 0 bridgehead atoms. The first-order valence-electron chi connectivity index (χ1n) is 3.45. The van der Waals surface area contributed by atoms with Gasteiger partial charge < -0.3 is 0 Å². The fourth-order valence-electron chi connectivity index (χ4n) is 0.848. The Bertz CT molecular complexity index is 256. The number of Topliss-reactive ketones (excluding diaryl/α,β-unsaturated/α-hetero) is 1. The van der Waals surface area contributed by atoms with Gasteiger partial charge in [0.2, 0.25) is 5.78 Å². The molecule has 1 nitrogen and oxygen atoms in total. The number of carbonyl (C=O) groups is 1. The zero-order valence-electron chi connectivity index (χ0n) is 6.26. The van der Waals surface area contributed by atoms with E-state index >= 15 is 0 Å². The van der Waals surface area contributed by atoms with E-state index in [9.17, 15) is 13.6 Å². The summed E-state index contributed by atoms with van der Waals surface area (Å²) < 4.78 is 23.4. The fraction of sp³-hybridized carbons (Fsp3) is 0.111. The van der Waals surface area contributed by atoms with Gasteiger partial charge >= 0.3 is 6.43 Å². The second-order valence-electron chi connectivity index (χ2n) is 2.35. The minimum absolute atomic E-state index is 0.219. The van der Waals surface area contributed by atoms with Gasteiger partial charge in [-0.15, -0.1) is 0 Å². The first kappa shape index (κ1) is 8.84. The Labute approximate surface area is 69.0 Å². The standard InChI is InChI=1S/C9H7F2O/c10-9(11)8(12)6-7-4-2-1-3-5-7/h1-5H,6H2. The van der Waals surface area contributed by atoms with E-state index in [1.54, 1.807) is 30.3 Å². The van der Waals surface area contributed by atoms with E-state index in [-0.39, 0.29) is 6.42 Å². The Balaban J connectivity index is 2.59. The predicted octanol–water partition coefficient (Wildman–Crippen LogP) is 2.23. The molecule has 1 aromatic carbocycles. The largest absolute Gasteiger partial charge is 0.374 e. The van der Waals surface area contributed by atoms with E-state index in [0.29, 0.717) is 5.56 Å². The molecule has 0 spiro atoms. The number of carbonyl (C=O) groups excluding carboxylic acids is 1. The number of halogens is 2. The minimum Gasteiger partial charge on any atom is -0.292 e. The molecule has 0 aliphatic rings. The van der Waals surface area contributed by atoms with Gasteiger partial charge in [-0.3, -0.25) is 4.79 Å². The third-order valence-electron chi connectivity index (χ3n) is 1.42. The minimum atomic E-state index is -2.13. The molecule has 1 radical (unpaired) electrons. The van der Waals surface area contributed by atoms with Gasteiger partial charge in [0.25, 0.3) is 0 Å². The number of ketones is 1. The van der Waals surface area contributed by atoms with Crippen LogP contribution in [0.1, 0.15) is 5.56 Å². The van der Waals surface area contributed by atoms with Crippen molar-refractivity contribution in [2.75, 3.05) is 0 Å². The fourth-order valence-corrected chi connectivity index (χ4v) is 0.848. The summed E-state index contributed by atoms with van der Waals surface area (Å²) in [5.41, 5.74) is 0.607. The molecule has 12 heavy (non-hydrogen) atoms. The van der Waals surface area contributed by atoms with Crippen LogP contribution in [-0.2, 0) is 11.2 Å². The first-order chi connectivity index (χ1) is 5.70. The van der Waals surface area contributed by atoms with Crippen molar-refractivity contribution in [3.63, 3.8) is 0 Å². The van der Waals surface area contributed by atoms with Gasteiger partial charge in [0.15, 0.2) is 0 Å². The van der Waals surface area contributed by atoms with Crippen LogP contribution in [0.25, 0.3) is 0 Å². The van der Waals surface area contributed by atoms with Crippen molar-refractivity contribution in [1.82, 2.24) is 0 Å². The highest BCUT2D eigenvalue weighted by atomic mass is 19.3. The molecule has 0 atom stereocenters. The summed E-state index contributed by atoms with van der Waals surface area (Å²) in [4.78, 5) is 10.5. The quantitative estimate of drug-likeness (QED) is 0.678. The second-order valence-corrected chi connectivity index (χ2v) is 2.35. The molecule has 0 heterocycles. The van der Waals surface area contributed by atoms with Crippen LogP contribution in [-0.4, -0.2) is 5.78 Å². The second kappa shape index (κ2) is 3.95. The van der Waals surface area contributed by atoms with Crippen molar-refractivity contribution in [1.29, 1.82) is 0 Å². The molecule has 63 valence electrons. The number of rotatable bonds is 3. The summed E-state index contributed by atoms with van der Waals surface area (Å²) >= 11 is 0. The van der Waals surface area contributed by atoms with E-state index in [1.165, 1.54) is 0 Å². The Kier molecular flexibility index (Phi) is 2.91. The molecule has 0 unspecified atom stereocenters. The van der Waals surface area contributed by atoms with Gasteiger partial charge in [-0.05, 0) is 5.56 Å².